The zero-order valence-corrected chi connectivity index (χ0v) is 8.65. The fourth-order valence-electron chi connectivity index (χ4n) is 1.25. The van der Waals surface area contributed by atoms with Crippen LogP contribution in [0.1, 0.15) is 18.5 Å². The van der Waals surface area contributed by atoms with Gasteiger partial charge in [-0.15, -0.1) is 0 Å². The van der Waals surface area contributed by atoms with Crippen LogP contribution in [-0.4, -0.2) is 29.5 Å². The van der Waals surface area contributed by atoms with E-state index < -0.39 is 6.10 Å². The van der Waals surface area contributed by atoms with Gasteiger partial charge in [0, 0.05) is 12.6 Å². The van der Waals surface area contributed by atoms with Crippen molar-refractivity contribution >= 4 is 0 Å². The lowest BCUT2D eigenvalue weighted by molar-refractivity contribution is 0.0924. The van der Waals surface area contributed by atoms with Crippen LogP contribution in [0.25, 0.3) is 0 Å². The number of rotatable bonds is 5. The first-order valence-corrected chi connectivity index (χ1v) is 4.91. The van der Waals surface area contributed by atoms with Crippen LogP contribution in [-0.2, 0) is 0 Å². The summed E-state index contributed by atoms with van der Waals surface area (Å²) in [5.41, 5.74) is 0.946. The van der Waals surface area contributed by atoms with E-state index in [0.29, 0.717) is 6.54 Å². The van der Waals surface area contributed by atoms with Crippen LogP contribution in [0.3, 0.4) is 0 Å². The molecule has 3 nitrogen and oxygen atoms in total. The van der Waals surface area contributed by atoms with E-state index in [-0.39, 0.29) is 18.5 Å². The van der Waals surface area contributed by atoms with Crippen LogP contribution < -0.4 is 5.32 Å². The highest BCUT2D eigenvalue weighted by Crippen LogP contribution is 2.12. The molecule has 0 aromatic heterocycles. The quantitative estimate of drug-likeness (QED) is 0.679. The summed E-state index contributed by atoms with van der Waals surface area (Å²) in [6, 6.07) is 6.20. The van der Waals surface area contributed by atoms with Crippen molar-refractivity contribution in [2.75, 3.05) is 13.2 Å². The minimum atomic E-state index is -0.757. The smallest absolute Gasteiger partial charge is 0.123 e. The van der Waals surface area contributed by atoms with E-state index in [1.54, 1.807) is 12.1 Å². The Kier molecular flexibility index (Phi) is 4.68. The molecule has 1 aromatic rings. The molecule has 0 heterocycles. The number of aliphatic hydroxyl groups excluding tert-OH is 2. The standard InChI is InChI=1S/C11H16FNO2/c1-8(13-6-11(15)7-14)9-2-4-10(12)5-3-9/h2-5,8,11,13-15H,6-7H2,1H3. The van der Waals surface area contributed by atoms with E-state index in [0.717, 1.165) is 5.56 Å². The van der Waals surface area contributed by atoms with Crippen LogP contribution in [0.5, 0.6) is 0 Å². The molecule has 0 saturated heterocycles. The van der Waals surface area contributed by atoms with Crippen LogP contribution in [0.2, 0.25) is 0 Å². The molecule has 0 spiro atoms. The second kappa shape index (κ2) is 5.80. The first-order valence-electron chi connectivity index (χ1n) is 4.91. The van der Waals surface area contributed by atoms with Gasteiger partial charge in [0.05, 0.1) is 12.7 Å². The second-order valence-corrected chi connectivity index (χ2v) is 3.52. The molecule has 0 amide bonds. The average Bonchev–Trinajstić information content (AvgIpc) is 2.26. The van der Waals surface area contributed by atoms with E-state index in [1.807, 2.05) is 6.92 Å². The topological polar surface area (TPSA) is 52.5 Å². The maximum absolute atomic E-state index is 12.6. The molecule has 1 rings (SSSR count). The van der Waals surface area contributed by atoms with E-state index in [1.165, 1.54) is 12.1 Å². The molecule has 0 aliphatic rings. The third-order valence-electron chi connectivity index (χ3n) is 2.24. The Balaban J connectivity index is 2.46. The molecule has 3 N–H and O–H groups in total. The number of aliphatic hydroxyl groups is 2. The van der Waals surface area contributed by atoms with Gasteiger partial charge in [0.25, 0.3) is 0 Å². The SMILES string of the molecule is CC(NCC(O)CO)c1ccc(F)cc1. The third kappa shape index (κ3) is 3.95. The Morgan fingerprint density at radius 2 is 1.93 bits per heavy atom. The summed E-state index contributed by atoms with van der Waals surface area (Å²) in [7, 11) is 0. The van der Waals surface area contributed by atoms with E-state index in [2.05, 4.69) is 5.32 Å². The molecule has 0 radical (unpaired) electrons. The first-order chi connectivity index (χ1) is 7.13. The Labute approximate surface area is 88.6 Å². The van der Waals surface area contributed by atoms with Crippen molar-refractivity contribution in [3.8, 4) is 0 Å². The van der Waals surface area contributed by atoms with Crippen molar-refractivity contribution in [2.45, 2.75) is 19.1 Å². The molecular formula is C11H16FNO2. The van der Waals surface area contributed by atoms with Crippen molar-refractivity contribution < 1.29 is 14.6 Å². The van der Waals surface area contributed by atoms with Gasteiger partial charge in [-0.05, 0) is 24.6 Å². The lowest BCUT2D eigenvalue weighted by Crippen LogP contribution is -2.31. The summed E-state index contributed by atoms with van der Waals surface area (Å²) in [6.45, 7) is 1.97. The fourth-order valence-corrected chi connectivity index (χ4v) is 1.25. The molecule has 2 atom stereocenters. The van der Waals surface area contributed by atoms with Crippen LogP contribution in [0.15, 0.2) is 24.3 Å². The predicted molar refractivity (Wildman–Crippen MR) is 55.9 cm³/mol. The van der Waals surface area contributed by atoms with Crippen LogP contribution in [0, 0.1) is 5.82 Å². The van der Waals surface area contributed by atoms with Gasteiger partial charge < -0.3 is 15.5 Å². The molecule has 0 aliphatic carbocycles. The molecule has 0 fully saturated rings. The monoisotopic (exact) mass is 213 g/mol. The Morgan fingerprint density at radius 1 is 1.33 bits per heavy atom. The highest BCUT2D eigenvalue weighted by molar-refractivity contribution is 5.19. The van der Waals surface area contributed by atoms with Gasteiger partial charge in [0.1, 0.15) is 5.82 Å². The van der Waals surface area contributed by atoms with Crippen molar-refractivity contribution in [3.63, 3.8) is 0 Å². The Morgan fingerprint density at radius 3 is 2.47 bits per heavy atom. The zero-order chi connectivity index (χ0) is 11.3. The number of halogens is 1. The first kappa shape index (κ1) is 12.1. The van der Waals surface area contributed by atoms with E-state index in [4.69, 9.17) is 10.2 Å². The van der Waals surface area contributed by atoms with Gasteiger partial charge in [0.2, 0.25) is 0 Å². The molecule has 4 heteroatoms. The molecular weight excluding hydrogens is 197 g/mol. The Bertz CT molecular complexity index is 289. The minimum absolute atomic E-state index is 0.0202. The van der Waals surface area contributed by atoms with Gasteiger partial charge in [-0.2, -0.15) is 0 Å². The molecule has 84 valence electrons. The second-order valence-electron chi connectivity index (χ2n) is 3.52. The summed E-state index contributed by atoms with van der Waals surface area (Å²) >= 11 is 0. The lowest BCUT2D eigenvalue weighted by Gasteiger charge is -2.16. The molecule has 0 saturated carbocycles. The summed E-state index contributed by atoms with van der Waals surface area (Å²) in [4.78, 5) is 0. The summed E-state index contributed by atoms with van der Waals surface area (Å²) in [5.74, 6) is -0.263. The normalized spacial score (nSPS) is 14.9. The zero-order valence-electron chi connectivity index (χ0n) is 8.65. The molecule has 15 heavy (non-hydrogen) atoms. The molecule has 2 unspecified atom stereocenters. The summed E-state index contributed by atoms with van der Waals surface area (Å²) in [6.07, 6.45) is -0.757. The maximum Gasteiger partial charge on any atom is 0.123 e. The third-order valence-corrected chi connectivity index (χ3v) is 2.24. The lowest BCUT2D eigenvalue weighted by atomic mass is 10.1. The van der Waals surface area contributed by atoms with Gasteiger partial charge in [-0.25, -0.2) is 4.39 Å². The van der Waals surface area contributed by atoms with Crippen LogP contribution in [0.4, 0.5) is 4.39 Å². The van der Waals surface area contributed by atoms with Gasteiger partial charge >= 0.3 is 0 Å². The predicted octanol–water partition coefficient (Wildman–Crippen LogP) is 0.830. The maximum atomic E-state index is 12.6. The highest BCUT2D eigenvalue weighted by Gasteiger charge is 2.07. The molecule has 0 bridgehead atoms. The number of nitrogens with one attached hydrogen (secondary N) is 1. The fraction of sp³-hybridized carbons (Fsp3) is 0.455. The van der Waals surface area contributed by atoms with Crippen molar-refractivity contribution in [3.05, 3.63) is 35.6 Å². The number of hydrogen-bond acceptors (Lipinski definition) is 3. The Hall–Kier alpha value is -0.970. The van der Waals surface area contributed by atoms with Crippen LogP contribution >= 0.6 is 0 Å². The number of hydrogen-bond donors (Lipinski definition) is 3. The van der Waals surface area contributed by atoms with E-state index in [9.17, 15) is 4.39 Å². The minimum Gasteiger partial charge on any atom is -0.394 e. The molecule has 0 aliphatic heterocycles. The van der Waals surface area contributed by atoms with Gasteiger partial charge in [-0.1, -0.05) is 12.1 Å². The average molecular weight is 213 g/mol. The van der Waals surface area contributed by atoms with Gasteiger partial charge in [-0.3, -0.25) is 0 Å². The van der Waals surface area contributed by atoms with Crippen molar-refractivity contribution in [1.29, 1.82) is 0 Å². The van der Waals surface area contributed by atoms with E-state index >= 15 is 0 Å². The van der Waals surface area contributed by atoms with Crippen molar-refractivity contribution in [1.82, 2.24) is 5.32 Å². The highest BCUT2D eigenvalue weighted by atomic mass is 19.1. The largest absolute Gasteiger partial charge is 0.394 e. The summed E-state index contributed by atoms with van der Waals surface area (Å²) in [5, 5.41) is 20.8. The number of benzene rings is 1. The van der Waals surface area contributed by atoms with Gasteiger partial charge in [0.15, 0.2) is 0 Å². The van der Waals surface area contributed by atoms with Crippen molar-refractivity contribution in [2.24, 2.45) is 0 Å². The molecule has 1 aromatic carbocycles. The summed E-state index contributed by atoms with van der Waals surface area (Å²) < 4.78 is 12.6.